The molecule has 0 bridgehead atoms. The number of benzene rings is 1. The quantitative estimate of drug-likeness (QED) is 0.695. The second-order valence-corrected chi connectivity index (χ2v) is 2.97. The zero-order chi connectivity index (χ0) is 11.1. The molecule has 0 amide bonds. The molecule has 0 saturated heterocycles. The molecule has 0 aliphatic carbocycles. The fraction of sp³-hybridized carbons (Fsp3) is 0.333. The van der Waals surface area contributed by atoms with E-state index in [0.29, 0.717) is 0 Å². The predicted octanol–water partition coefficient (Wildman–Crippen LogP) is 2.33. The molecule has 0 fully saturated rings. The third kappa shape index (κ3) is 3.73. The highest BCUT2D eigenvalue weighted by Gasteiger charge is 1.97. The summed E-state index contributed by atoms with van der Waals surface area (Å²) in [5.41, 5.74) is 1.08. The van der Waals surface area contributed by atoms with Crippen LogP contribution in [0.4, 0.5) is 0 Å². The summed E-state index contributed by atoms with van der Waals surface area (Å²) in [5.74, 6) is 0.849. The van der Waals surface area contributed by atoms with Gasteiger partial charge in [-0.2, -0.15) is 0 Å². The minimum Gasteiger partial charge on any atom is -0.497 e. The summed E-state index contributed by atoms with van der Waals surface area (Å²) in [6, 6.07) is 7.76. The molecular formula is C12H16O3. The Morgan fingerprint density at radius 3 is 2.07 bits per heavy atom. The van der Waals surface area contributed by atoms with E-state index in [2.05, 4.69) is 0 Å². The monoisotopic (exact) mass is 208 g/mol. The molecule has 82 valence electrons. The third-order valence-corrected chi connectivity index (χ3v) is 2.03. The Kier molecular flexibility index (Phi) is 4.87. The lowest BCUT2D eigenvalue weighted by molar-refractivity contribution is -0.0660. The van der Waals surface area contributed by atoms with Gasteiger partial charge in [0.05, 0.1) is 7.11 Å². The summed E-state index contributed by atoms with van der Waals surface area (Å²) >= 11 is 0. The SMILES string of the molecule is COc1ccc(/C=C/C(OC)OC)cc1. The van der Waals surface area contributed by atoms with Gasteiger partial charge in [0.15, 0.2) is 6.29 Å². The maximum absolute atomic E-state index is 5.06. The highest BCUT2D eigenvalue weighted by atomic mass is 16.7. The molecule has 0 spiro atoms. The summed E-state index contributed by atoms with van der Waals surface area (Å²) in [7, 11) is 4.86. The summed E-state index contributed by atoms with van der Waals surface area (Å²) < 4.78 is 15.1. The molecule has 0 unspecified atom stereocenters. The molecule has 0 aromatic heterocycles. The lowest BCUT2D eigenvalue weighted by Gasteiger charge is -2.07. The van der Waals surface area contributed by atoms with Gasteiger partial charge in [0.1, 0.15) is 5.75 Å². The van der Waals surface area contributed by atoms with Crippen molar-refractivity contribution in [1.29, 1.82) is 0 Å². The Morgan fingerprint density at radius 2 is 1.60 bits per heavy atom. The molecule has 1 aromatic rings. The number of rotatable bonds is 5. The molecule has 1 rings (SSSR count). The molecule has 0 heterocycles. The number of ether oxygens (including phenoxy) is 3. The van der Waals surface area contributed by atoms with Crippen LogP contribution in [0.5, 0.6) is 5.75 Å². The Bertz CT molecular complexity index is 299. The predicted molar refractivity (Wildman–Crippen MR) is 59.8 cm³/mol. The van der Waals surface area contributed by atoms with Crippen molar-refractivity contribution in [2.75, 3.05) is 21.3 Å². The zero-order valence-electron chi connectivity index (χ0n) is 9.27. The van der Waals surface area contributed by atoms with E-state index >= 15 is 0 Å². The largest absolute Gasteiger partial charge is 0.497 e. The minimum atomic E-state index is -0.299. The van der Waals surface area contributed by atoms with Crippen LogP contribution in [-0.2, 0) is 9.47 Å². The lowest BCUT2D eigenvalue weighted by Crippen LogP contribution is -2.08. The van der Waals surface area contributed by atoms with Gasteiger partial charge in [0, 0.05) is 14.2 Å². The van der Waals surface area contributed by atoms with Crippen molar-refractivity contribution in [3.05, 3.63) is 35.9 Å². The van der Waals surface area contributed by atoms with Gasteiger partial charge in [-0.15, -0.1) is 0 Å². The Morgan fingerprint density at radius 1 is 1.00 bits per heavy atom. The maximum atomic E-state index is 5.06. The molecule has 0 aliphatic heterocycles. The fourth-order valence-corrected chi connectivity index (χ4v) is 1.16. The van der Waals surface area contributed by atoms with E-state index in [1.165, 1.54) is 0 Å². The van der Waals surface area contributed by atoms with Gasteiger partial charge in [-0.3, -0.25) is 0 Å². The molecule has 15 heavy (non-hydrogen) atoms. The number of methoxy groups -OCH3 is 3. The third-order valence-electron chi connectivity index (χ3n) is 2.03. The lowest BCUT2D eigenvalue weighted by atomic mass is 10.2. The molecule has 0 aliphatic rings. The van der Waals surface area contributed by atoms with Crippen molar-refractivity contribution in [2.24, 2.45) is 0 Å². The molecule has 0 atom stereocenters. The van der Waals surface area contributed by atoms with Gasteiger partial charge in [-0.05, 0) is 23.8 Å². The van der Waals surface area contributed by atoms with E-state index in [0.717, 1.165) is 11.3 Å². The van der Waals surface area contributed by atoms with Gasteiger partial charge in [0.25, 0.3) is 0 Å². The van der Waals surface area contributed by atoms with Gasteiger partial charge < -0.3 is 14.2 Å². The van der Waals surface area contributed by atoms with Gasteiger partial charge in [-0.25, -0.2) is 0 Å². The van der Waals surface area contributed by atoms with Crippen molar-refractivity contribution < 1.29 is 14.2 Å². The van der Waals surface area contributed by atoms with E-state index in [-0.39, 0.29) is 6.29 Å². The summed E-state index contributed by atoms with van der Waals surface area (Å²) in [6.07, 6.45) is 3.49. The maximum Gasteiger partial charge on any atom is 0.176 e. The number of hydrogen-bond donors (Lipinski definition) is 0. The topological polar surface area (TPSA) is 27.7 Å². The van der Waals surface area contributed by atoms with E-state index in [4.69, 9.17) is 14.2 Å². The first-order valence-corrected chi connectivity index (χ1v) is 4.68. The van der Waals surface area contributed by atoms with Crippen molar-refractivity contribution in [3.63, 3.8) is 0 Å². The highest BCUT2D eigenvalue weighted by molar-refractivity contribution is 5.50. The number of hydrogen-bond acceptors (Lipinski definition) is 3. The minimum absolute atomic E-state index is 0.299. The van der Waals surface area contributed by atoms with E-state index in [1.807, 2.05) is 36.4 Å². The average Bonchev–Trinajstić information content (AvgIpc) is 2.31. The summed E-state index contributed by atoms with van der Waals surface area (Å²) in [6.45, 7) is 0. The normalized spacial score (nSPS) is 11.2. The van der Waals surface area contributed by atoms with Crippen LogP contribution in [0.3, 0.4) is 0 Å². The van der Waals surface area contributed by atoms with Crippen LogP contribution in [0.25, 0.3) is 6.08 Å². The van der Waals surface area contributed by atoms with Crippen LogP contribution in [0.15, 0.2) is 30.3 Å². The van der Waals surface area contributed by atoms with Gasteiger partial charge in [-0.1, -0.05) is 18.2 Å². The Balaban J connectivity index is 2.63. The van der Waals surface area contributed by atoms with Crippen molar-refractivity contribution in [2.45, 2.75) is 6.29 Å². The first-order valence-electron chi connectivity index (χ1n) is 4.68. The smallest absolute Gasteiger partial charge is 0.176 e. The van der Waals surface area contributed by atoms with Crippen LogP contribution in [0.1, 0.15) is 5.56 Å². The van der Waals surface area contributed by atoms with Crippen LogP contribution in [0.2, 0.25) is 0 Å². The van der Waals surface area contributed by atoms with Crippen molar-refractivity contribution >= 4 is 6.08 Å². The van der Waals surface area contributed by atoms with Gasteiger partial charge >= 0.3 is 0 Å². The molecule has 1 aromatic carbocycles. The van der Waals surface area contributed by atoms with Crippen molar-refractivity contribution in [1.82, 2.24) is 0 Å². The molecular weight excluding hydrogens is 192 g/mol. The van der Waals surface area contributed by atoms with E-state index in [9.17, 15) is 0 Å². The van der Waals surface area contributed by atoms with E-state index < -0.39 is 0 Å². The first kappa shape index (κ1) is 11.8. The molecule has 3 nitrogen and oxygen atoms in total. The fourth-order valence-electron chi connectivity index (χ4n) is 1.16. The zero-order valence-corrected chi connectivity index (χ0v) is 9.27. The van der Waals surface area contributed by atoms with Crippen LogP contribution in [0, 0.1) is 0 Å². The molecule has 0 radical (unpaired) electrons. The van der Waals surface area contributed by atoms with Crippen LogP contribution >= 0.6 is 0 Å². The molecule has 3 heteroatoms. The van der Waals surface area contributed by atoms with Crippen LogP contribution in [-0.4, -0.2) is 27.6 Å². The van der Waals surface area contributed by atoms with E-state index in [1.54, 1.807) is 21.3 Å². The first-order chi connectivity index (χ1) is 7.30. The second kappa shape index (κ2) is 6.22. The van der Waals surface area contributed by atoms with Crippen LogP contribution < -0.4 is 4.74 Å². The van der Waals surface area contributed by atoms with Crippen molar-refractivity contribution in [3.8, 4) is 5.75 Å². The standard InChI is InChI=1S/C12H16O3/c1-13-11-7-4-10(5-8-11)6-9-12(14-2)15-3/h4-9,12H,1-3H3/b9-6+. The Hall–Kier alpha value is -1.32. The summed E-state index contributed by atoms with van der Waals surface area (Å²) in [4.78, 5) is 0. The summed E-state index contributed by atoms with van der Waals surface area (Å²) in [5, 5.41) is 0. The van der Waals surface area contributed by atoms with Gasteiger partial charge in [0.2, 0.25) is 0 Å². The molecule has 0 saturated carbocycles. The average molecular weight is 208 g/mol. The Labute approximate surface area is 90.3 Å². The highest BCUT2D eigenvalue weighted by Crippen LogP contribution is 2.12. The second-order valence-electron chi connectivity index (χ2n) is 2.97. The molecule has 0 N–H and O–H groups in total.